The van der Waals surface area contributed by atoms with Gasteiger partial charge in [0.15, 0.2) is 5.65 Å². The summed E-state index contributed by atoms with van der Waals surface area (Å²) >= 11 is 0. The molecule has 0 radical (unpaired) electrons. The maximum atomic E-state index is 4.91. The minimum Gasteiger partial charge on any atom is -0.309 e. The van der Waals surface area contributed by atoms with Crippen molar-refractivity contribution in [1.29, 1.82) is 0 Å². The summed E-state index contributed by atoms with van der Waals surface area (Å²) in [6, 6.07) is 4.74. The molecule has 0 N–H and O–H groups in total. The Bertz CT molecular complexity index is 599. The summed E-state index contributed by atoms with van der Waals surface area (Å²) in [6.45, 7) is 2.36. The third-order valence-corrected chi connectivity index (χ3v) is 4.38. The third kappa shape index (κ3) is 1.94. The fraction of sp³-hybridized carbons (Fsp3) is 0.600. The van der Waals surface area contributed by atoms with Gasteiger partial charge in [0.2, 0.25) is 0 Å². The van der Waals surface area contributed by atoms with Crippen LogP contribution in [0.3, 0.4) is 0 Å². The van der Waals surface area contributed by atoms with Gasteiger partial charge >= 0.3 is 0 Å². The van der Waals surface area contributed by atoms with E-state index in [1.54, 1.807) is 0 Å². The zero-order chi connectivity index (χ0) is 12.8. The van der Waals surface area contributed by atoms with E-state index in [9.17, 15) is 0 Å². The molecule has 100 valence electrons. The lowest BCUT2D eigenvalue weighted by Gasteiger charge is -2.29. The number of piperidine rings is 1. The number of imidazole rings is 1. The monoisotopic (exact) mass is 256 g/mol. The number of likely N-dealkylation sites (tertiary alicyclic amines) is 1. The molecule has 19 heavy (non-hydrogen) atoms. The molecule has 1 saturated carbocycles. The molecule has 0 amide bonds. The number of pyridine rings is 1. The van der Waals surface area contributed by atoms with E-state index >= 15 is 0 Å². The number of hydrogen-bond acceptors (Lipinski definition) is 3. The van der Waals surface area contributed by atoms with Gasteiger partial charge in [-0.3, -0.25) is 0 Å². The van der Waals surface area contributed by atoms with Crippen LogP contribution in [0.15, 0.2) is 18.3 Å². The maximum absolute atomic E-state index is 4.91. The summed E-state index contributed by atoms with van der Waals surface area (Å²) in [6.07, 6.45) is 7.01. The van der Waals surface area contributed by atoms with Gasteiger partial charge in [-0.2, -0.15) is 0 Å². The number of fused-ring (bicyclic) bond motifs is 1. The van der Waals surface area contributed by atoms with Gasteiger partial charge in [0.1, 0.15) is 11.3 Å². The van der Waals surface area contributed by atoms with Crippen LogP contribution in [0.1, 0.15) is 43.5 Å². The number of nitrogens with zero attached hydrogens (tertiary/aromatic N) is 4. The van der Waals surface area contributed by atoms with Gasteiger partial charge in [-0.25, -0.2) is 9.97 Å². The lowest BCUT2D eigenvalue weighted by molar-refractivity contribution is 0.243. The molecule has 0 bridgehead atoms. The summed E-state index contributed by atoms with van der Waals surface area (Å²) in [7, 11) is 2.22. The molecule has 0 aromatic carbocycles. The van der Waals surface area contributed by atoms with Crippen molar-refractivity contribution in [1.82, 2.24) is 19.4 Å². The van der Waals surface area contributed by atoms with Crippen LogP contribution in [-0.4, -0.2) is 39.6 Å². The SMILES string of the molecule is CN1CCCC(c2nc3cccnc3n2C2CC2)C1. The lowest BCUT2D eigenvalue weighted by Crippen LogP contribution is -2.32. The summed E-state index contributed by atoms with van der Waals surface area (Å²) in [5, 5.41) is 0. The van der Waals surface area contributed by atoms with E-state index < -0.39 is 0 Å². The molecule has 4 nitrogen and oxygen atoms in total. The predicted molar refractivity (Wildman–Crippen MR) is 75.3 cm³/mol. The first-order chi connectivity index (χ1) is 9.33. The Morgan fingerprint density at radius 1 is 1.26 bits per heavy atom. The van der Waals surface area contributed by atoms with Crippen molar-refractivity contribution in [2.45, 2.75) is 37.6 Å². The van der Waals surface area contributed by atoms with Crippen molar-refractivity contribution in [2.24, 2.45) is 0 Å². The Labute approximate surface area is 113 Å². The topological polar surface area (TPSA) is 34.0 Å². The van der Waals surface area contributed by atoms with Crippen molar-refractivity contribution >= 4 is 11.2 Å². The van der Waals surface area contributed by atoms with Crippen LogP contribution >= 0.6 is 0 Å². The van der Waals surface area contributed by atoms with E-state index in [-0.39, 0.29) is 0 Å². The zero-order valence-electron chi connectivity index (χ0n) is 11.4. The molecule has 2 aromatic rings. The molecule has 4 heteroatoms. The van der Waals surface area contributed by atoms with Gasteiger partial charge in [0.25, 0.3) is 0 Å². The predicted octanol–water partition coefficient (Wildman–Crippen LogP) is 2.58. The fourth-order valence-electron chi connectivity index (χ4n) is 3.31. The fourth-order valence-corrected chi connectivity index (χ4v) is 3.31. The average Bonchev–Trinajstić information content (AvgIpc) is 3.18. The molecule has 2 fully saturated rings. The van der Waals surface area contributed by atoms with Crippen LogP contribution in [0.25, 0.3) is 11.2 Å². The molecule has 3 heterocycles. The molecular formula is C15H20N4. The van der Waals surface area contributed by atoms with E-state index in [1.165, 1.54) is 38.1 Å². The standard InChI is InChI=1S/C15H20N4/c1-18-9-3-4-11(10-18)14-17-13-5-2-8-16-15(13)19(14)12-6-7-12/h2,5,8,11-12H,3-4,6-7,9-10H2,1H3. The van der Waals surface area contributed by atoms with E-state index in [0.29, 0.717) is 12.0 Å². The summed E-state index contributed by atoms with van der Waals surface area (Å²) in [5.41, 5.74) is 2.16. The van der Waals surface area contributed by atoms with E-state index in [2.05, 4.69) is 27.6 Å². The Morgan fingerprint density at radius 2 is 2.16 bits per heavy atom. The molecule has 1 aliphatic heterocycles. The number of hydrogen-bond donors (Lipinski definition) is 0. The summed E-state index contributed by atoms with van der Waals surface area (Å²) < 4.78 is 2.43. The van der Waals surface area contributed by atoms with Crippen LogP contribution in [0.4, 0.5) is 0 Å². The highest BCUT2D eigenvalue weighted by Crippen LogP contribution is 2.40. The van der Waals surface area contributed by atoms with Crippen molar-refractivity contribution < 1.29 is 0 Å². The van der Waals surface area contributed by atoms with Crippen molar-refractivity contribution in [3.63, 3.8) is 0 Å². The highest BCUT2D eigenvalue weighted by Gasteiger charge is 2.32. The molecule has 2 aromatic heterocycles. The second-order valence-corrected chi connectivity index (χ2v) is 6.02. The molecular weight excluding hydrogens is 236 g/mol. The van der Waals surface area contributed by atoms with Gasteiger partial charge in [-0.1, -0.05) is 0 Å². The second kappa shape index (κ2) is 4.30. The molecule has 2 aliphatic rings. The van der Waals surface area contributed by atoms with E-state index in [1.807, 2.05) is 12.3 Å². The Morgan fingerprint density at radius 3 is 2.95 bits per heavy atom. The van der Waals surface area contributed by atoms with Crippen molar-refractivity contribution in [3.05, 3.63) is 24.2 Å². The third-order valence-electron chi connectivity index (χ3n) is 4.38. The van der Waals surface area contributed by atoms with Gasteiger partial charge in [-0.05, 0) is 51.4 Å². The van der Waals surface area contributed by atoms with Crippen molar-refractivity contribution in [3.8, 4) is 0 Å². The summed E-state index contributed by atoms with van der Waals surface area (Å²) in [4.78, 5) is 11.9. The molecule has 0 spiro atoms. The van der Waals surface area contributed by atoms with Gasteiger partial charge in [-0.15, -0.1) is 0 Å². The zero-order valence-corrected chi connectivity index (χ0v) is 11.4. The van der Waals surface area contributed by atoms with E-state index in [0.717, 1.165) is 17.7 Å². The Kier molecular flexibility index (Phi) is 2.58. The quantitative estimate of drug-likeness (QED) is 0.828. The molecule has 1 aliphatic carbocycles. The highest BCUT2D eigenvalue weighted by atomic mass is 15.2. The van der Waals surface area contributed by atoms with E-state index in [4.69, 9.17) is 4.98 Å². The first-order valence-electron chi connectivity index (χ1n) is 7.34. The van der Waals surface area contributed by atoms with Gasteiger partial charge in [0, 0.05) is 24.7 Å². The average molecular weight is 256 g/mol. The molecule has 1 atom stereocenters. The molecule has 1 unspecified atom stereocenters. The normalized spacial score (nSPS) is 25.0. The first-order valence-corrected chi connectivity index (χ1v) is 7.34. The van der Waals surface area contributed by atoms with Gasteiger partial charge in [0.05, 0.1) is 0 Å². The van der Waals surface area contributed by atoms with Crippen LogP contribution in [0, 0.1) is 0 Å². The number of rotatable bonds is 2. The lowest BCUT2D eigenvalue weighted by atomic mass is 9.97. The first kappa shape index (κ1) is 11.4. The molecule has 4 rings (SSSR count). The Balaban J connectivity index is 1.81. The summed E-state index contributed by atoms with van der Waals surface area (Å²) in [5.74, 6) is 1.86. The van der Waals surface area contributed by atoms with Crippen LogP contribution in [0.5, 0.6) is 0 Å². The largest absolute Gasteiger partial charge is 0.309 e. The smallest absolute Gasteiger partial charge is 0.160 e. The second-order valence-electron chi connectivity index (χ2n) is 6.02. The van der Waals surface area contributed by atoms with Crippen molar-refractivity contribution in [2.75, 3.05) is 20.1 Å². The Hall–Kier alpha value is -1.42. The number of aromatic nitrogens is 3. The van der Waals surface area contributed by atoms with Crippen LogP contribution < -0.4 is 0 Å². The number of likely N-dealkylation sites (N-methyl/N-ethyl adjacent to an activating group) is 1. The minimum absolute atomic E-state index is 0.577. The molecule has 1 saturated heterocycles. The minimum atomic E-state index is 0.577. The van der Waals surface area contributed by atoms with Gasteiger partial charge < -0.3 is 9.47 Å². The van der Waals surface area contributed by atoms with Crippen LogP contribution in [-0.2, 0) is 0 Å². The maximum Gasteiger partial charge on any atom is 0.160 e. The highest BCUT2D eigenvalue weighted by molar-refractivity contribution is 5.71. The van der Waals surface area contributed by atoms with Crippen LogP contribution in [0.2, 0.25) is 0 Å².